The standard InChI is InChI=1S/C26H34N4O2S/c1-7-20-11-9-10-19(6)25(20)27-24(31)16-33-26-29-28-23(30(26)8-2)15-32-22-14-18(5)12-13-21(22)17(3)4/h9-14,17H,7-8,15-16H2,1-6H3,(H,27,31). The lowest BCUT2D eigenvalue weighted by Crippen LogP contribution is -2.17. The number of aromatic nitrogens is 3. The molecule has 0 unspecified atom stereocenters. The van der Waals surface area contributed by atoms with Crippen molar-refractivity contribution in [3.63, 3.8) is 0 Å². The normalized spacial score (nSPS) is 11.1. The number of para-hydroxylation sites is 1. The van der Waals surface area contributed by atoms with Gasteiger partial charge in [0.15, 0.2) is 11.0 Å². The second-order valence-electron chi connectivity index (χ2n) is 8.43. The van der Waals surface area contributed by atoms with E-state index in [1.807, 2.05) is 30.5 Å². The molecule has 1 aromatic heterocycles. The van der Waals surface area contributed by atoms with Gasteiger partial charge in [-0.25, -0.2) is 0 Å². The zero-order valence-electron chi connectivity index (χ0n) is 20.4. The van der Waals surface area contributed by atoms with E-state index in [0.717, 1.165) is 45.5 Å². The largest absolute Gasteiger partial charge is 0.485 e. The number of rotatable bonds is 10. The highest BCUT2D eigenvalue weighted by atomic mass is 32.2. The Balaban J connectivity index is 1.66. The molecule has 0 fully saturated rings. The van der Waals surface area contributed by atoms with Crippen LogP contribution in [0.15, 0.2) is 41.6 Å². The highest BCUT2D eigenvalue weighted by Gasteiger charge is 2.16. The number of thioether (sulfide) groups is 1. The molecule has 2 aromatic carbocycles. The number of nitrogens with zero attached hydrogens (tertiary/aromatic N) is 3. The maximum Gasteiger partial charge on any atom is 0.234 e. The van der Waals surface area contributed by atoms with Crippen LogP contribution in [-0.2, 0) is 24.4 Å². The Hall–Kier alpha value is -2.80. The molecule has 0 aliphatic heterocycles. The summed E-state index contributed by atoms with van der Waals surface area (Å²) in [5, 5.41) is 12.5. The Kier molecular flexibility index (Phi) is 8.55. The molecule has 0 spiro atoms. The molecule has 0 saturated carbocycles. The average Bonchev–Trinajstić information content (AvgIpc) is 3.19. The van der Waals surface area contributed by atoms with Gasteiger partial charge in [-0.3, -0.25) is 4.79 Å². The summed E-state index contributed by atoms with van der Waals surface area (Å²) < 4.78 is 8.16. The first-order chi connectivity index (χ1) is 15.8. The predicted octanol–water partition coefficient (Wildman–Crippen LogP) is 5.91. The summed E-state index contributed by atoms with van der Waals surface area (Å²) >= 11 is 1.39. The maximum absolute atomic E-state index is 12.6. The van der Waals surface area contributed by atoms with Gasteiger partial charge in [-0.05, 0) is 61.4 Å². The van der Waals surface area contributed by atoms with Gasteiger partial charge < -0.3 is 14.6 Å². The Labute approximate surface area is 201 Å². The number of aryl methyl sites for hydroxylation is 3. The summed E-state index contributed by atoms with van der Waals surface area (Å²) in [7, 11) is 0. The minimum atomic E-state index is -0.0474. The van der Waals surface area contributed by atoms with E-state index in [1.54, 1.807) is 0 Å². The number of benzene rings is 2. The van der Waals surface area contributed by atoms with Crippen LogP contribution in [-0.4, -0.2) is 26.4 Å². The van der Waals surface area contributed by atoms with Gasteiger partial charge in [0.25, 0.3) is 0 Å². The van der Waals surface area contributed by atoms with Gasteiger partial charge in [-0.15, -0.1) is 10.2 Å². The summed E-state index contributed by atoms with van der Waals surface area (Å²) in [5.74, 6) is 2.23. The van der Waals surface area contributed by atoms with Crippen LogP contribution in [0.1, 0.15) is 61.7 Å². The Morgan fingerprint density at radius 3 is 2.64 bits per heavy atom. The quantitative estimate of drug-likeness (QED) is 0.376. The fourth-order valence-electron chi connectivity index (χ4n) is 3.74. The van der Waals surface area contributed by atoms with E-state index in [4.69, 9.17) is 4.74 Å². The van der Waals surface area contributed by atoms with Gasteiger partial charge in [0.05, 0.1) is 5.75 Å². The molecule has 1 amide bonds. The Morgan fingerprint density at radius 1 is 1.15 bits per heavy atom. The van der Waals surface area contributed by atoms with Crippen LogP contribution >= 0.6 is 11.8 Å². The van der Waals surface area contributed by atoms with Crippen molar-refractivity contribution in [1.29, 1.82) is 0 Å². The van der Waals surface area contributed by atoms with Crippen LogP contribution in [0.3, 0.4) is 0 Å². The minimum Gasteiger partial charge on any atom is -0.485 e. The van der Waals surface area contributed by atoms with Crippen molar-refractivity contribution >= 4 is 23.4 Å². The van der Waals surface area contributed by atoms with Crippen LogP contribution < -0.4 is 10.1 Å². The zero-order valence-corrected chi connectivity index (χ0v) is 21.3. The number of ether oxygens (including phenoxy) is 1. The third-order valence-electron chi connectivity index (χ3n) is 5.59. The van der Waals surface area contributed by atoms with Crippen LogP contribution in [0.25, 0.3) is 0 Å². The topological polar surface area (TPSA) is 69.0 Å². The van der Waals surface area contributed by atoms with Crippen LogP contribution in [0.2, 0.25) is 0 Å². The van der Waals surface area contributed by atoms with E-state index in [0.29, 0.717) is 19.1 Å². The summed E-state index contributed by atoms with van der Waals surface area (Å²) in [6, 6.07) is 12.4. The molecule has 0 aliphatic rings. The van der Waals surface area contributed by atoms with Crippen LogP contribution in [0, 0.1) is 13.8 Å². The van der Waals surface area contributed by atoms with Crippen LogP contribution in [0.4, 0.5) is 5.69 Å². The van der Waals surface area contributed by atoms with Gasteiger partial charge >= 0.3 is 0 Å². The molecule has 0 bridgehead atoms. The lowest BCUT2D eigenvalue weighted by molar-refractivity contribution is -0.113. The molecule has 6 nitrogen and oxygen atoms in total. The van der Waals surface area contributed by atoms with Gasteiger partial charge in [-0.1, -0.05) is 62.9 Å². The van der Waals surface area contributed by atoms with E-state index >= 15 is 0 Å². The zero-order chi connectivity index (χ0) is 24.0. The van der Waals surface area contributed by atoms with E-state index in [-0.39, 0.29) is 11.7 Å². The SMILES string of the molecule is CCc1cccc(C)c1NC(=O)CSc1nnc(COc2cc(C)ccc2C(C)C)n1CC. The number of nitrogens with one attached hydrogen (secondary N) is 1. The van der Waals surface area contributed by atoms with Crippen molar-refractivity contribution in [1.82, 2.24) is 14.8 Å². The van der Waals surface area contributed by atoms with Crippen molar-refractivity contribution in [2.45, 2.75) is 72.2 Å². The lowest BCUT2D eigenvalue weighted by Gasteiger charge is -2.15. The van der Waals surface area contributed by atoms with Gasteiger partial charge in [0, 0.05) is 12.2 Å². The molecule has 176 valence electrons. The van der Waals surface area contributed by atoms with Gasteiger partial charge in [0.1, 0.15) is 12.4 Å². The van der Waals surface area contributed by atoms with E-state index < -0.39 is 0 Å². The molecule has 3 aromatic rings. The average molecular weight is 467 g/mol. The molecule has 0 saturated heterocycles. The Bertz CT molecular complexity index is 1110. The second-order valence-corrected chi connectivity index (χ2v) is 9.37. The fourth-order valence-corrected chi connectivity index (χ4v) is 4.56. The first-order valence-electron chi connectivity index (χ1n) is 11.5. The number of hydrogen-bond donors (Lipinski definition) is 1. The third-order valence-corrected chi connectivity index (χ3v) is 6.56. The summed E-state index contributed by atoms with van der Waals surface area (Å²) in [4.78, 5) is 12.6. The Morgan fingerprint density at radius 2 is 1.94 bits per heavy atom. The molecule has 0 radical (unpaired) electrons. The highest BCUT2D eigenvalue weighted by Crippen LogP contribution is 2.28. The summed E-state index contributed by atoms with van der Waals surface area (Å²) in [6.07, 6.45) is 0.872. The third kappa shape index (κ3) is 6.16. The molecular formula is C26H34N4O2S. The fraction of sp³-hybridized carbons (Fsp3) is 0.423. The number of carbonyl (C=O) groups is 1. The number of carbonyl (C=O) groups excluding carboxylic acids is 1. The molecule has 7 heteroatoms. The first kappa shape index (κ1) is 24.8. The van der Waals surface area contributed by atoms with Crippen molar-refractivity contribution in [3.8, 4) is 5.75 Å². The molecule has 0 atom stereocenters. The highest BCUT2D eigenvalue weighted by molar-refractivity contribution is 7.99. The van der Waals surface area contributed by atoms with E-state index in [2.05, 4.69) is 67.5 Å². The van der Waals surface area contributed by atoms with Crippen molar-refractivity contribution in [2.24, 2.45) is 0 Å². The predicted molar refractivity (Wildman–Crippen MR) is 135 cm³/mol. The molecular weight excluding hydrogens is 432 g/mol. The molecule has 33 heavy (non-hydrogen) atoms. The van der Waals surface area contributed by atoms with Crippen LogP contribution in [0.5, 0.6) is 5.75 Å². The number of hydrogen-bond acceptors (Lipinski definition) is 5. The lowest BCUT2D eigenvalue weighted by atomic mass is 10.0. The maximum atomic E-state index is 12.6. The smallest absolute Gasteiger partial charge is 0.234 e. The number of amides is 1. The monoisotopic (exact) mass is 466 g/mol. The molecule has 1 N–H and O–H groups in total. The first-order valence-corrected chi connectivity index (χ1v) is 12.5. The summed E-state index contributed by atoms with van der Waals surface area (Å²) in [6.45, 7) is 13.6. The minimum absolute atomic E-state index is 0.0474. The molecule has 1 heterocycles. The molecule has 0 aliphatic carbocycles. The number of anilines is 1. The van der Waals surface area contributed by atoms with Crippen molar-refractivity contribution < 1.29 is 9.53 Å². The second kappa shape index (κ2) is 11.4. The molecule has 3 rings (SSSR count). The van der Waals surface area contributed by atoms with Crippen molar-refractivity contribution in [2.75, 3.05) is 11.1 Å². The van der Waals surface area contributed by atoms with E-state index in [9.17, 15) is 4.79 Å². The summed E-state index contributed by atoms with van der Waals surface area (Å²) in [5.41, 5.74) is 5.46. The van der Waals surface area contributed by atoms with Gasteiger partial charge in [0.2, 0.25) is 5.91 Å². The van der Waals surface area contributed by atoms with Crippen molar-refractivity contribution in [3.05, 3.63) is 64.5 Å². The van der Waals surface area contributed by atoms with Gasteiger partial charge in [-0.2, -0.15) is 0 Å². The van der Waals surface area contributed by atoms with E-state index in [1.165, 1.54) is 17.3 Å².